The van der Waals surface area contributed by atoms with E-state index in [1.165, 1.54) is 19.3 Å². The third kappa shape index (κ3) is 3.26. The van der Waals surface area contributed by atoms with Gasteiger partial charge in [-0.1, -0.05) is 26.2 Å². The fourth-order valence-corrected chi connectivity index (χ4v) is 2.43. The third-order valence-electron chi connectivity index (χ3n) is 3.35. The molecule has 0 aromatic heterocycles. The molecule has 0 spiro atoms. The Balaban J connectivity index is 2.32. The predicted molar refractivity (Wildman–Crippen MR) is 54.3 cm³/mol. The number of hydrogen-bond acceptors (Lipinski definition) is 1. The smallest absolute Gasteiger partial charge is 0.104 e. The quantitative estimate of drug-likeness (QED) is 0.719. The van der Waals surface area contributed by atoms with Crippen LogP contribution in [0.15, 0.2) is 0 Å². The van der Waals surface area contributed by atoms with Crippen LogP contribution in [0.4, 0.5) is 4.39 Å². The topological polar surface area (TPSA) is 26.0 Å². The van der Waals surface area contributed by atoms with E-state index in [1.54, 1.807) is 0 Å². The molecular formula is C11H22FN. The van der Waals surface area contributed by atoms with Gasteiger partial charge in [-0.05, 0) is 37.6 Å². The second-order valence-corrected chi connectivity index (χ2v) is 4.29. The summed E-state index contributed by atoms with van der Waals surface area (Å²) in [5.74, 6) is 1.08. The summed E-state index contributed by atoms with van der Waals surface area (Å²) in [5, 5.41) is 0. The molecule has 1 nitrogen and oxygen atoms in total. The first-order chi connectivity index (χ1) is 6.27. The fourth-order valence-electron chi connectivity index (χ4n) is 2.43. The van der Waals surface area contributed by atoms with Crippen LogP contribution >= 0.6 is 0 Å². The van der Waals surface area contributed by atoms with E-state index in [9.17, 15) is 4.39 Å². The van der Waals surface area contributed by atoms with Crippen LogP contribution in [0.25, 0.3) is 0 Å². The zero-order valence-corrected chi connectivity index (χ0v) is 8.64. The summed E-state index contributed by atoms with van der Waals surface area (Å²) in [4.78, 5) is 0. The molecule has 0 amide bonds. The van der Waals surface area contributed by atoms with Crippen molar-refractivity contribution in [3.05, 3.63) is 0 Å². The van der Waals surface area contributed by atoms with E-state index in [0.717, 1.165) is 18.8 Å². The number of alkyl halides is 1. The second kappa shape index (κ2) is 5.58. The van der Waals surface area contributed by atoms with Gasteiger partial charge in [0.25, 0.3) is 0 Å². The van der Waals surface area contributed by atoms with Gasteiger partial charge >= 0.3 is 0 Å². The van der Waals surface area contributed by atoms with Crippen molar-refractivity contribution in [1.82, 2.24) is 0 Å². The number of hydrogen-bond donors (Lipinski definition) is 1. The molecule has 78 valence electrons. The highest BCUT2D eigenvalue weighted by atomic mass is 19.1. The van der Waals surface area contributed by atoms with E-state index >= 15 is 0 Å². The Labute approximate surface area is 80.9 Å². The summed E-state index contributed by atoms with van der Waals surface area (Å²) < 4.78 is 13.5. The Hall–Kier alpha value is -0.110. The first kappa shape index (κ1) is 11.0. The molecule has 0 heterocycles. The van der Waals surface area contributed by atoms with Crippen molar-refractivity contribution in [2.45, 2.75) is 51.6 Å². The SMILES string of the molecule is CCC1CCCC(C(F)CCN)C1. The van der Waals surface area contributed by atoms with E-state index in [-0.39, 0.29) is 0 Å². The van der Waals surface area contributed by atoms with Gasteiger partial charge < -0.3 is 5.73 Å². The number of nitrogens with two attached hydrogens (primary N) is 1. The molecule has 0 radical (unpaired) electrons. The lowest BCUT2D eigenvalue weighted by Gasteiger charge is -2.30. The molecule has 3 unspecified atom stereocenters. The Bertz CT molecular complexity index is 138. The normalized spacial score (nSPS) is 31.6. The average molecular weight is 187 g/mol. The zero-order chi connectivity index (χ0) is 9.68. The Morgan fingerprint density at radius 2 is 2.23 bits per heavy atom. The maximum absolute atomic E-state index is 13.5. The highest BCUT2D eigenvalue weighted by molar-refractivity contribution is 4.78. The molecule has 13 heavy (non-hydrogen) atoms. The molecule has 2 N–H and O–H groups in total. The van der Waals surface area contributed by atoms with Gasteiger partial charge in [0, 0.05) is 0 Å². The van der Waals surface area contributed by atoms with Crippen LogP contribution in [0.2, 0.25) is 0 Å². The van der Waals surface area contributed by atoms with Gasteiger partial charge in [-0.15, -0.1) is 0 Å². The molecule has 3 atom stereocenters. The highest BCUT2D eigenvalue weighted by Crippen LogP contribution is 2.34. The molecule has 1 saturated carbocycles. The van der Waals surface area contributed by atoms with Gasteiger partial charge in [0.05, 0.1) is 0 Å². The van der Waals surface area contributed by atoms with E-state index in [0.29, 0.717) is 18.9 Å². The van der Waals surface area contributed by atoms with E-state index in [1.807, 2.05) is 0 Å². The van der Waals surface area contributed by atoms with Crippen molar-refractivity contribution < 1.29 is 4.39 Å². The van der Waals surface area contributed by atoms with E-state index in [2.05, 4.69) is 6.92 Å². The van der Waals surface area contributed by atoms with Gasteiger partial charge in [0.1, 0.15) is 6.17 Å². The van der Waals surface area contributed by atoms with Crippen LogP contribution in [-0.4, -0.2) is 12.7 Å². The molecule has 1 aliphatic carbocycles. The Kier molecular flexibility index (Phi) is 4.71. The second-order valence-electron chi connectivity index (χ2n) is 4.29. The summed E-state index contributed by atoms with van der Waals surface area (Å²) in [6.45, 7) is 2.71. The minimum atomic E-state index is -0.639. The number of halogens is 1. The fraction of sp³-hybridized carbons (Fsp3) is 1.00. The molecule has 2 heteroatoms. The monoisotopic (exact) mass is 187 g/mol. The minimum Gasteiger partial charge on any atom is -0.330 e. The van der Waals surface area contributed by atoms with Gasteiger partial charge in [-0.3, -0.25) is 0 Å². The van der Waals surface area contributed by atoms with Crippen LogP contribution in [-0.2, 0) is 0 Å². The third-order valence-corrected chi connectivity index (χ3v) is 3.35. The molecule has 1 aliphatic rings. The van der Waals surface area contributed by atoms with Crippen molar-refractivity contribution in [2.24, 2.45) is 17.6 Å². The molecule has 0 bridgehead atoms. The first-order valence-electron chi connectivity index (χ1n) is 5.62. The van der Waals surface area contributed by atoms with Crippen molar-refractivity contribution in [1.29, 1.82) is 0 Å². The molecule has 0 aliphatic heterocycles. The Morgan fingerprint density at radius 3 is 2.85 bits per heavy atom. The van der Waals surface area contributed by atoms with Gasteiger partial charge in [-0.2, -0.15) is 0 Å². The highest BCUT2D eigenvalue weighted by Gasteiger charge is 2.26. The van der Waals surface area contributed by atoms with E-state index in [4.69, 9.17) is 5.73 Å². The zero-order valence-electron chi connectivity index (χ0n) is 8.64. The summed E-state index contributed by atoms with van der Waals surface area (Å²) in [6, 6.07) is 0. The summed E-state index contributed by atoms with van der Waals surface area (Å²) in [5.41, 5.74) is 5.36. The lowest BCUT2D eigenvalue weighted by atomic mass is 9.77. The van der Waals surface area contributed by atoms with Crippen molar-refractivity contribution in [2.75, 3.05) is 6.54 Å². The van der Waals surface area contributed by atoms with Crippen LogP contribution in [0.5, 0.6) is 0 Å². The maximum atomic E-state index is 13.5. The lowest BCUT2D eigenvalue weighted by Crippen LogP contribution is -2.25. The van der Waals surface area contributed by atoms with Crippen LogP contribution in [0.1, 0.15) is 45.4 Å². The van der Waals surface area contributed by atoms with Crippen LogP contribution in [0, 0.1) is 11.8 Å². The van der Waals surface area contributed by atoms with Crippen molar-refractivity contribution >= 4 is 0 Å². The van der Waals surface area contributed by atoms with Gasteiger partial charge in [0.15, 0.2) is 0 Å². The standard InChI is InChI=1S/C11H22FN/c1-2-9-4-3-5-10(8-9)11(12)6-7-13/h9-11H,2-8,13H2,1H3. The maximum Gasteiger partial charge on any atom is 0.104 e. The predicted octanol–water partition coefficient (Wildman–Crippen LogP) is 2.89. The summed E-state index contributed by atoms with van der Waals surface area (Å²) in [6.07, 6.45) is 5.83. The molecule has 0 aromatic carbocycles. The first-order valence-corrected chi connectivity index (χ1v) is 5.62. The largest absolute Gasteiger partial charge is 0.330 e. The Morgan fingerprint density at radius 1 is 1.46 bits per heavy atom. The molecule has 1 rings (SSSR count). The van der Waals surface area contributed by atoms with Gasteiger partial charge in [0.2, 0.25) is 0 Å². The van der Waals surface area contributed by atoms with Gasteiger partial charge in [-0.25, -0.2) is 4.39 Å². The van der Waals surface area contributed by atoms with Crippen LogP contribution < -0.4 is 5.73 Å². The lowest BCUT2D eigenvalue weighted by molar-refractivity contribution is 0.141. The van der Waals surface area contributed by atoms with Crippen LogP contribution in [0.3, 0.4) is 0 Å². The molecule has 0 aromatic rings. The summed E-state index contributed by atoms with van der Waals surface area (Å²) >= 11 is 0. The minimum absolute atomic E-state index is 0.308. The average Bonchev–Trinajstić information content (AvgIpc) is 2.18. The molecule has 1 fully saturated rings. The number of rotatable bonds is 4. The van der Waals surface area contributed by atoms with E-state index < -0.39 is 6.17 Å². The molecular weight excluding hydrogens is 165 g/mol. The molecule has 0 saturated heterocycles. The van der Waals surface area contributed by atoms with Crippen molar-refractivity contribution in [3.8, 4) is 0 Å². The summed E-state index contributed by atoms with van der Waals surface area (Å²) in [7, 11) is 0. The van der Waals surface area contributed by atoms with Crippen molar-refractivity contribution in [3.63, 3.8) is 0 Å².